The highest BCUT2D eigenvalue weighted by molar-refractivity contribution is 5.92. The average Bonchev–Trinajstić information content (AvgIpc) is 2.27. The lowest BCUT2D eigenvalue weighted by atomic mass is 10.2. The Hall–Kier alpha value is -1.35. The topological polar surface area (TPSA) is 41.1 Å². The Morgan fingerprint density at radius 1 is 1.33 bits per heavy atom. The molecule has 3 heteroatoms. The van der Waals surface area contributed by atoms with Crippen LogP contribution in [0.5, 0.6) is 0 Å². The third kappa shape index (κ3) is 4.61. The van der Waals surface area contributed by atoms with Gasteiger partial charge in [0.05, 0.1) is 6.54 Å². The van der Waals surface area contributed by atoms with Crippen molar-refractivity contribution in [2.75, 3.05) is 11.9 Å². The lowest BCUT2D eigenvalue weighted by Crippen LogP contribution is -2.33. The van der Waals surface area contributed by atoms with Crippen LogP contribution in [0.15, 0.2) is 30.3 Å². The van der Waals surface area contributed by atoms with E-state index < -0.39 is 0 Å². The van der Waals surface area contributed by atoms with E-state index in [0.29, 0.717) is 12.6 Å². The second-order valence-corrected chi connectivity index (χ2v) is 3.60. The van der Waals surface area contributed by atoms with Crippen LogP contribution in [0.4, 0.5) is 5.69 Å². The number of nitrogens with one attached hydrogen (secondary N) is 2. The highest BCUT2D eigenvalue weighted by atomic mass is 16.1. The Bertz CT molecular complexity index is 298. The highest BCUT2D eigenvalue weighted by Gasteiger charge is 2.03. The predicted molar refractivity (Wildman–Crippen MR) is 62.8 cm³/mol. The van der Waals surface area contributed by atoms with Gasteiger partial charge in [0.1, 0.15) is 0 Å². The maximum absolute atomic E-state index is 11.5. The Balaban J connectivity index is 2.31. The Kier molecular flexibility index (Phi) is 4.84. The lowest BCUT2D eigenvalue weighted by Gasteiger charge is -2.11. The summed E-state index contributed by atoms with van der Waals surface area (Å²) in [7, 11) is 0. The van der Waals surface area contributed by atoms with Gasteiger partial charge in [0.25, 0.3) is 0 Å². The van der Waals surface area contributed by atoms with E-state index in [1.54, 1.807) is 0 Å². The Morgan fingerprint density at radius 2 is 2.00 bits per heavy atom. The third-order valence-electron chi connectivity index (χ3n) is 2.28. The van der Waals surface area contributed by atoms with Crippen LogP contribution in [0.3, 0.4) is 0 Å². The van der Waals surface area contributed by atoms with Gasteiger partial charge in [-0.05, 0) is 25.5 Å². The zero-order valence-corrected chi connectivity index (χ0v) is 9.29. The molecular weight excluding hydrogens is 188 g/mol. The number of carbonyl (C=O) groups excluding carboxylic acids is 1. The number of rotatable bonds is 5. The van der Waals surface area contributed by atoms with Crippen LogP contribution in [0.2, 0.25) is 0 Å². The van der Waals surface area contributed by atoms with Gasteiger partial charge in [-0.15, -0.1) is 0 Å². The van der Waals surface area contributed by atoms with Crippen molar-refractivity contribution in [3.8, 4) is 0 Å². The minimum absolute atomic E-state index is 0.00139. The first-order valence-electron chi connectivity index (χ1n) is 5.30. The van der Waals surface area contributed by atoms with E-state index in [9.17, 15) is 4.79 Å². The van der Waals surface area contributed by atoms with E-state index in [1.807, 2.05) is 30.3 Å². The zero-order chi connectivity index (χ0) is 11.1. The molecule has 1 atom stereocenters. The first-order valence-corrected chi connectivity index (χ1v) is 5.30. The first-order chi connectivity index (χ1) is 7.22. The molecule has 0 aromatic heterocycles. The van der Waals surface area contributed by atoms with Crippen molar-refractivity contribution in [2.45, 2.75) is 26.3 Å². The largest absolute Gasteiger partial charge is 0.325 e. The summed E-state index contributed by atoms with van der Waals surface area (Å²) >= 11 is 0. The quantitative estimate of drug-likeness (QED) is 0.773. The summed E-state index contributed by atoms with van der Waals surface area (Å²) in [6.45, 7) is 4.52. The van der Waals surface area contributed by atoms with Gasteiger partial charge in [-0.1, -0.05) is 25.1 Å². The van der Waals surface area contributed by atoms with E-state index in [4.69, 9.17) is 0 Å². The minimum Gasteiger partial charge on any atom is -0.325 e. The van der Waals surface area contributed by atoms with Crippen LogP contribution in [-0.4, -0.2) is 18.5 Å². The smallest absolute Gasteiger partial charge is 0.238 e. The van der Waals surface area contributed by atoms with Crippen LogP contribution >= 0.6 is 0 Å². The summed E-state index contributed by atoms with van der Waals surface area (Å²) in [5.74, 6) is 0.00139. The van der Waals surface area contributed by atoms with E-state index in [0.717, 1.165) is 12.1 Å². The van der Waals surface area contributed by atoms with Crippen molar-refractivity contribution in [3.63, 3.8) is 0 Å². The van der Waals surface area contributed by atoms with Crippen LogP contribution < -0.4 is 10.6 Å². The molecular formula is C12H18N2O. The summed E-state index contributed by atoms with van der Waals surface area (Å²) in [5.41, 5.74) is 0.841. The van der Waals surface area contributed by atoms with Crippen LogP contribution in [-0.2, 0) is 4.79 Å². The molecule has 3 nitrogen and oxygen atoms in total. The molecule has 1 amide bonds. The van der Waals surface area contributed by atoms with Crippen molar-refractivity contribution in [1.29, 1.82) is 0 Å². The van der Waals surface area contributed by atoms with Crippen molar-refractivity contribution in [1.82, 2.24) is 5.32 Å². The van der Waals surface area contributed by atoms with Crippen molar-refractivity contribution in [3.05, 3.63) is 30.3 Å². The zero-order valence-electron chi connectivity index (χ0n) is 9.29. The van der Waals surface area contributed by atoms with Crippen LogP contribution in [0.1, 0.15) is 20.3 Å². The van der Waals surface area contributed by atoms with E-state index >= 15 is 0 Å². The second kappa shape index (κ2) is 6.19. The van der Waals surface area contributed by atoms with Gasteiger partial charge in [0.15, 0.2) is 0 Å². The second-order valence-electron chi connectivity index (χ2n) is 3.60. The van der Waals surface area contributed by atoms with E-state index in [1.165, 1.54) is 0 Å². The molecule has 0 aliphatic rings. The monoisotopic (exact) mass is 206 g/mol. The van der Waals surface area contributed by atoms with E-state index in [2.05, 4.69) is 24.5 Å². The highest BCUT2D eigenvalue weighted by Crippen LogP contribution is 2.03. The number of anilines is 1. The normalized spacial score (nSPS) is 12.1. The third-order valence-corrected chi connectivity index (χ3v) is 2.28. The van der Waals surface area contributed by atoms with Gasteiger partial charge in [-0.2, -0.15) is 0 Å². The molecule has 0 spiro atoms. The van der Waals surface area contributed by atoms with Crippen molar-refractivity contribution >= 4 is 11.6 Å². The van der Waals surface area contributed by atoms with Gasteiger partial charge in [-0.3, -0.25) is 4.79 Å². The molecule has 1 unspecified atom stereocenters. The number of carbonyl (C=O) groups is 1. The van der Waals surface area contributed by atoms with Gasteiger partial charge in [0, 0.05) is 11.7 Å². The molecule has 1 aromatic rings. The van der Waals surface area contributed by atoms with Crippen LogP contribution in [0.25, 0.3) is 0 Å². The molecule has 1 aromatic carbocycles. The van der Waals surface area contributed by atoms with Crippen molar-refractivity contribution in [2.24, 2.45) is 0 Å². The standard InChI is InChI=1S/C12H18N2O/c1-3-10(2)13-9-12(15)14-11-7-5-4-6-8-11/h4-8,10,13H,3,9H2,1-2H3,(H,14,15). The van der Waals surface area contributed by atoms with Crippen molar-refractivity contribution < 1.29 is 4.79 Å². The molecule has 0 bridgehead atoms. The summed E-state index contributed by atoms with van der Waals surface area (Å²) in [4.78, 5) is 11.5. The number of benzene rings is 1. The number of hydrogen-bond acceptors (Lipinski definition) is 2. The number of para-hydroxylation sites is 1. The van der Waals surface area contributed by atoms with E-state index in [-0.39, 0.29) is 5.91 Å². The lowest BCUT2D eigenvalue weighted by molar-refractivity contribution is -0.115. The molecule has 82 valence electrons. The Morgan fingerprint density at radius 3 is 2.60 bits per heavy atom. The van der Waals surface area contributed by atoms with Crippen LogP contribution in [0, 0.1) is 0 Å². The number of hydrogen-bond donors (Lipinski definition) is 2. The average molecular weight is 206 g/mol. The summed E-state index contributed by atoms with van der Waals surface area (Å²) < 4.78 is 0. The fraction of sp³-hybridized carbons (Fsp3) is 0.417. The fourth-order valence-electron chi connectivity index (χ4n) is 1.14. The number of amides is 1. The van der Waals surface area contributed by atoms with Gasteiger partial charge in [-0.25, -0.2) is 0 Å². The molecule has 15 heavy (non-hydrogen) atoms. The summed E-state index contributed by atoms with van der Waals surface area (Å²) in [6.07, 6.45) is 1.03. The maximum Gasteiger partial charge on any atom is 0.238 e. The molecule has 0 saturated carbocycles. The summed E-state index contributed by atoms with van der Waals surface area (Å²) in [6, 6.07) is 9.86. The molecule has 2 N–H and O–H groups in total. The fourth-order valence-corrected chi connectivity index (χ4v) is 1.14. The molecule has 0 radical (unpaired) electrons. The molecule has 0 fully saturated rings. The molecule has 0 saturated heterocycles. The molecule has 0 heterocycles. The Labute approximate surface area is 90.9 Å². The van der Waals surface area contributed by atoms with Gasteiger partial charge in [0.2, 0.25) is 5.91 Å². The summed E-state index contributed by atoms with van der Waals surface area (Å²) in [5, 5.41) is 5.96. The maximum atomic E-state index is 11.5. The molecule has 1 rings (SSSR count). The van der Waals surface area contributed by atoms with Gasteiger partial charge >= 0.3 is 0 Å². The van der Waals surface area contributed by atoms with Gasteiger partial charge < -0.3 is 10.6 Å². The molecule has 0 aliphatic carbocycles. The SMILES string of the molecule is CCC(C)NCC(=O)Nc1ccccc1. The predicted octanol–water partition coefficient (Wildman–Crippen LogP) is 2.01. The minimum atomic E-state index is 0.00139. The molecule has 0 aliphatic heterocycles. The first kappa shape index (κ1) is 11.7.